The molecule has 0 amide bonds. The normalized spacial score (nSPS) is 30.3. The van der Waals surface area contributed by atoms with E-state index in [1.165, 1.54) is 50.6 Å². The van der Waals surface area contributed by atoms with Gasteiger partial charge in [0.25, 0.3) is 0 Å². The number of fused-ring (bicyclic) bond motifs is 1. The van der Waals surface area contributed by atoms with E-state index in [0.29, 0.717) is 12.0 Å². The minimum Gasteiger partial charge on any atom is -0.489 e. The molecular weight excluding hydrogens is 318 g/mol. The second-order valence-electron chi connectivity index (χ2n) is 8.60. The summed E-state index contributed by atoms with van der Waals surface area (Å²) in [6, 6.07) is 18.2. The van der Waals surface area contributed by atoms with E-state index in [1.807, 2.05) is 0 Å². The highest BCUT2D eigenvalue weighted by molar-refractivity contribution is 5.45. The monoisotopic (exact) mass is 347 g/mol. The predicted molar refractivity (Wildman–Crippen MR) is 106 cm³/mol. The van der Waals surface area contributed by atoms with Crippen molar-refractivity contribution in [3.63, 3.8) is 0 Å². The second kappa shape index (κ2) is 6.42. The molecule has 26 heavy (non-hydrogen) atoms. The molecule has 2 aliphatic carbocycles. The Labute approximate surface area is 157 Å². The summed E-state index contributed by atoms with van der Waals surface area (Å²) in [5, 5.41) is 0. The van der Waals surface area contributed by atoms with Gasteiger partial charge >= 0.3 is 0 Å². The van der Waals surface area contributed by atoms with Crippen molar-refractivity contribution >= 4 is 0 Å². The van der Waals surface area contributed by atoms with Crippen molar-refractivity contribution in [2.45, 2.75) is 56.6 Å². The van der Waals surface area contributed by atoms with Gasteiger partial charge in [0.1, 0.15) is 12.4 Å². The van der Waals surface area contributed by atoms with E-state index in [9.17, 15) is 0 Å². The molecule has 3 atom stereocenters. The van der Waals surface area contributed by atoms with Gasteiger partial charge in [-0.2, -0.15) is 0 Å². The SMILES string of the molecule is CN1CC[C@]23CCCCC2[C@H]1Cc1ccc(OCc2ccccc2)cc13. The third kappa shape index (κ3) is 2.58. The molecule has 5 rings (SSSR count). The van der Waals surface area contributed by atoms with E-state index in [1.54, 1.807) is 11.1 Å². The summed E-state index contributed by atoms with van der Waals surface area (Å²) in [4.78, 5) is 2.64. The van der Waals surface area contributed by atoms with Crippen molar-refractivity contribution < 1.29 is 4.74 Å². The van der Waals surface area contributed by atoms with Crippen LogP contribution in [-0.2, 0) is 18.4 Å². The molecule has 0 spiro atoms. The van der Waals surface area contributed by atoms with Crippen molar-refractivity contribution in [2.24, 2.45) is 5.92 Å². The van der Waals surface area contributed by atoms with Gasteiger partial charge in [0.05, 0.1) is 0 Å². The van der Waals surface area contributed by atoms with Crippen LogP contribution in [0.4, 0.5) is 0 Å². The number of benzene rings is 2. The second-order valence-corrected chi connectivity index (χ2v) is 8.60. The van der Waals surface area contributed by atoms with Gasteiger partial charge < -0.3 is 9.64 Å². The van der Waals surface area contributed by atoms with Crippen LogP contribution < -0.4 is 4.74 Å². The molecular formula is C24H29NO. The maximum atomic E-state index is 6.18. The molecule has 2 nitrogen and oxygen atoms in total. The molecule has 2 heteroatoms. The molecule has 1 unspecified atom stereocenters. The Morgan fingerprint density at radius 3 is 2.85 bits per heavy atom. The molecule has 0 radical (unpaired) electrons. The zero-order chi connectivity index (χ0) is 17.6. The molecule has 136 valence electrons. The van der Waals surface area contributed by atoms with Crippen LogP contribution in [0.5, 0.6) is 5.75 Å². The molecule has 1 heterocycles. The molecule has 2 fully saturated rings. The average molecular weight is 348 g/mol. The summed E-state index contributed by atoms with van der Waals surface area (Å²) in [5.74, 6) is 1.88. The van der Waals surface area contributed by atoms with Gasteiger partial charge in [-0.1, -0.05) is 49.2 Å². The molecule has 3 aliphatic rings. The molecule has 1 saturated heterocycles. The van der Waals surface area contributed by atoms with Gasteiger partial charge in [-0.05, 0) is 74.0 Å². The number of likely N-dealkylation sites (N-methyl/N-ethyl adjacent to an activating group) is 1. The lowest BCUT2D eigenvalue weighted by Crippen LogP contribution is -2.59. The van der Waals surface area contributed by atoms with E-state index in [0.717, 1.165) is 17.7 Å². The fraction of sp³-hybridized carbons (Fsp3) is 0.500. The van der Waals surface area contributed by atoms with E-state index in [4.69, 9.17) is 4.74 Å². The van der Waals surface area contributed by atoms with Crippen molar-refractivity contribution in [3.05, 3.63) is 65.2 Å². The highest BCUT2D eigenvalue weighted by atomic mass is 16.5. The van der Waals surface area contributed by atoms with Crippen LogP contribution in [0.1, 0.15) is 48.8 Å². The maximum Gasteiger partial charge on any atom is 0.120 e. The van der Waals surface area contributed by atoms with Gasteiger partial charge in [0, 0.05) is 11.5 Å². The molecule has 0 N–H and O–H groups in total. The highest BCUT2D eigenvalue weighted by Gasteiger charge is 2.53. The standard InChI is InChI=1S/C24H29NO/c1-25-14-13-24-12-6-5-9-21(24)23(25)15-19-10-11-20(16-22(19)24)26-17-18-7-3-2-4-8-18/h2-4,7-8,10-11,16,21,23H,5-6,9,12-15,17H2,1H3/t21?,23-,24-/m1/s1. The lowest BCUT2D eigenvalue weighted by molar-refractivity contribution is 0.00270. The van der Waals surface area contributed by atoms with E-state index in [-0.39, 0.29) is 0 Å². The van der Waals surface area contributed by atoms with Crippen LogP contribution in [0.15, 0.2) is 48.5 Å². The third-order valence-electron chi connectivity index (χ3n) is 7.33. The summed E-state index contributed by atoms with van der Waals surface area (Å²) in [7, 11) is 2.34. The number of hydrogen-bond donors (Lipinski definition) is 0. The average Bonchev–Trinajstić information content (AvgIpc) is 2.70. The van der Waals surface area contributed by atoms with Crippen LogP contribution in [0, 0.1) is 5.92 Å². The molecule has 0 aromatic heterocycles. The van der Waals surface area contributed by atoms with Crippen molar-refractivity contribution in [1.82, 2.24) is 4.90 Å². The minimum absolute atomic E-state index is 0.412. The zero-order valence-electron chi connectivity index (χ0n) is 15.8. The maximum absolute atomic E-state index is 6.18. The first-order valence-corrected chi connectivity index (χ1v) is 10.3. The number of likely N-dealkylation sites (tertiary alicyclic amines) is 1. The van der Waals surface area contributed by atoms with Crippen molar-refractivity contribution in [3.8, 4) is 5.75 Å². The molecule has 2 aromatic carbocycles. The highest BCUT2D eigenvalue weighted by Crippen LogP contribution is 2.55. The van der Waals surface area contributed by atoms with Crippen LogP contribution in [0.2, 0.25) is 0 Å². The van der Waals surface area contributed by atoms with Crippen LogP contribution in [-0.4, -0.2) is 24.5 Å². The number of hydrogen-bond acceptors (Lipinski definition) is 2. The number of ether oxygens (including phenoxy) is 1. The summed E-state index contributed by atoms with van der Waals surface area (Å²) in [6.07, 6.45) is 8.12. The largest absolute Gasteiger partial charge is 0.489 e. The predicted octanol–water partition coefficient (Wildman–Crippen LogP) is 4.95. The van der Waals surface area contributed by atoms with E-state index in [2.05, 4.69) is 60.5 Å². The number of rotatable bonds is 3. The van der Waals surface area contributed by atoms with Crippen LogP contribution >= 0.6 is 0 Å². The summed E-state index contributed by atoms with van der Waals surface area (Å²) in [6.45, 7) is 1.90. The Hall–Kier alpha value is -1.80. The fourth-order valence-electron chi connectivity index (χ4n) is 6.01. The van der Waals surface area contributed by atoms with Gasteiger partial charge in [-0.3, -0.25) is 0 Å². The lowest BCUT2D eigenvalue weighted by Gasteiger charge is -2.58. The molecule has 2 aromatic rings. The smallest absolute Gasteiger partial charge is 0.120 e. The third-order valence-corrected chi connectivity index (χ3v) is 7.33. The van der Waals surface area contributed by atoms with Crippen molar-refractivity contribution in [1.29, 1.82) is 0 Å². The summed E-state index contributed by atoms with van der Waals surface area (Å²) < 4.78 is 6.18. The lowest BCUT2D eigenvalue weighted by atomic mass is 9.52. The Balaban J connectivity index is 1.47. The molecule has 1 aliphatic heterocycles. The fourth-order valence-corrected chi connectivity index (χ4v) is 6.01. The van der Waals surface area contributed by atoms with Crippen LogP contribution in [0.3, 0.4) is 0 Å². The minimum atomic E-state index is 0.412. The number of piperidine rings is 1. The van der Waals surface area contributed by atoms with E-state index < -0.39 is 0 Å². The Kier molecular flexibility index (Phi) is 4.04. The van der Waals surface area contributed by atoms with Crippen LogP contribution in [0.25, 0.3) is 0 Å². The first-order valence-electron chi connectivity index (χ1n) is 10.3. The van der Waals surface area contributed by atoms with Gasteiger partial charge in [0.2, 0.25) is 0 Å². The van der Waals surface area contributed by atoms with Crippen molar-refractivity contribution in [2.75, 3.05) is 13.6 Å². The van der Waals surface area contributed by atoms with Gasteiger partial charge in [0.15, 0.2) is 0 Å². The Bertz CT molecular complexity index is 786. The summed E-state index contributed by atoms with van der Waals surface area (Å²) >= 11 is 0. The zero-order valence-corrected chi connectivity index (χ0v) is 15.8. The molecule has 2 bridgehead atoms. The first kappa shape index (κ1) is 16.4. The summed E-state index contributed by atoms with van der Waals surface area (Å²) in [5.41, 5.74) is 4.84. The van der Waals surface area contributed by atoms with Gasteiger partial charge in [-0.15, -0.1) is 0 Å². The number of nitrogens with zero attached hydrogens (tertiary/aromatic N) is 1. The quantitative estimate of drug-likeness (QED) is 0.778. The van der Waals surface area contributed by atoms with E-state index >= 15 is 0 Å². The van der Waals surface area contributed by atoms with Gasteiger partial charge in [-0.25, -0.2) is 0 Å². The topological polar surface area (TPSA) is 12.5 Å². The Morgan fingerprint density at radius 1 is 1.08 bits per heavy atom. The first-order chi connectivity index (χ1) is 12.8. The Morgan fingerprint density at radius 2 is 1.96 bits per heavy atom. The molecule has 1 saturated carbocycles.